The zero-order valence-corrected chi connectivity index (χ0v) is 11.6. The number of hydrogen-bond acceptors (Lipinski definition) is 5. The molecule has 1 fully saturated rings. The van der Waals surface area contributed by atoms with E-state index in [1.165, 1.54) is 19.4 Å². The number of hydrogen-bond donors (Lipinski definition) is 1. The van der Waals surface area contributed by atoms with Crippen molar-refractivity contribution >= 4 is 6.01 Å². The number of anilines is 1. The number of piperidine rings is 1. The lowest BCUT2D eigenvalue weighted by Crippen LogP contribution is -2.37. The van der Waals surface area contributed by atoms with Crippen molar-refractivity contribution in [3.05, 3.63) is 12.0 Å². The van der Waals surface area contributed by atoms with Gasteiger partial charge in [0.1, 0.15) is 6.26 Å². The third-order valence-corrected chi connectivity index (χ3v) is 3.41. The molecule has 0 aliphatic carbocycles. The van der Waals surface area contributed by atoms with Crippen LogP contribution in [0.2, 0.25) is 0 Å². The van der Waals surface area contributed by atoms with E-state index in [0.29, 0.717) is 0 Å². The average molecular weight is 252 g/mol. The van der Waals surface area contributed by atoms with Gasteiger partial charge in [0.15, 0.2) is 0 Å². The highest BCUT2D eigenvalue weighted by Gasteiger charge is 2.22. The maximum absolute atomic E-state index is 5.54. The maximum atomic E-state index is 5.54. The Hall–Kier alpha value is -1.07. The zero-order chi connectivity index (χ0) is 13.0. The lowest BCUT2D eigenvalue weighted by molar-refractivity contribution is 0.281. The van der Waals surface area contributed by atoms with Gasteiger partial charge >= 0.3 is 0 Å². The standard InChI is InChI=1S/C13H24N4O/c1-14-8-12-10-18-13(15-12)17-6-4-11(5-7-17)9-16(2)3/h10-11,14H,4-9H2,1-3H3. The van der Waals surface area contributed by atoms with Crippen molar-refractivity contribution in [3.63, 3.8) is 0 Å². The van der Waals surface area contributed by atoms with E-state index in [1.54, 1.807) is 6.26 Å². The largest absolute Gasteiger partial charge is 0.432 e. The summed E-state index contributed by atoms with van der Waals surface area (Å²) in [5.74, 6) is 0.808. The molecule has 5 heteroatoms. The number of nitrogens with one attached hydrogen (secondary N) is 1. The van der Waals surface area contributed by atoms with E-state index >= 15 is 0 Å². The number of oxazole rings is 1. The lowest BCUT2D eigenvalue weighted by Gasteiger charge is -2.32. The minimum absolute atomic E-state index is 0.764. The second kappa shape index (κ2) is 6.20. The van der Waals surface area contributed by atoms with Crippen molar-refractivity contribution in [1.29, 1.82) is 0 Å². The molecule has 18 heavy (non-hydrogen) atoms. The van der Waals surface area contributed by atoms with Gasteiger partial charge in [-0.25, -0.2) is 0 Å². The quantitative estimate of drug-likeness (QED) is 0.852. The van der Waals surface area contributed by atoms with Crippen LogP contribution in [0, 0.1) is 5.92 Å². The Balaban J connectivity index is 1.84. The van der Waals surface area contributed by atoms with Gasteiger partial charge in [-0.3, -0.25) is 0 Å². The van der Waals surface area contributed by atoms with E-state index in [4.69, 9.17) is 4.42 Å². The first-order valence-electron chi connectivity index (χ1n) is 6.67. The average Bonchev–Trinajstić information content (AvgIpc) is 2.78. The summed E-state index contributed by atoms with van der Waals surface area (Å²) in [6.45, 7) is 4.06. The molecule has 1 aliphatic heterocycles. The molecular formula is C13H24N4O. The van der Waals surface area contributed by atoms with Crippen LogP contribution in [0.1, 0.15) is 18.5 Å². The van der Waals surface area contributed by atoms with Gasteiger partial charge in [0.2, 0.25) is 0 Å². The summed E-state index contributed by atoms with van der Waals surface area (Å²) < 4.78 is 5.54. The Labute approximate surface area is 109 Å². The van der Waals surface area contributed by atoms with Crippen LogP contribution in [0.3, 0.4) is 0 Å². The van der Waals surface area contributed by atoms with Crippen LogP contribution < -0.4 is 10.2 Å². The molecular weight excluding hydrogens is 228 g/mol. The molecule has 0 atom stereocenters. The summed E-state index contributed by atoms with van der Waals surface area (Å²) in [7, 11) is 6.20. The third kappa shape index (κ3) is 3.46. The minimum Gasteiger partial charge on any atom is -0.432 e. The summed E-state index contributed by atoms with van der Waals surface area (Å²) in [6, 6.07) is 0.781. The van der Waals surface area contributed by atoms with E-state index in [1.807, 2.05) is 7.05 Å². The summed E-state index contributed by atoms with van der Waals surface area (Å²) >= 11 is 0. The van der Waals surface area contributed by atoms with Crippen LogP contribution in [-0.2, 0) is 6.54 Å². The Bertz CT molecular complexity index is 356. The Morgan fingerprint density at radius 2 is 2.17 bits per heavy atom. The van der Waals surface area contributed by atoms with Gasteiger partial charge in [-0.1, -0.05) is 0 Å². The highest BCUT2D eigenvalue weighted by molar-refractivity contribution is 5.27. The van der Waals surface area contributed by atoms with E-state index in [-0.39, 0.29) is 0 Å². The SMILES string of the molecule is CNCc1coc(N2CCC(CN(C)C)CC2)n1. The van der Waals surface area contributed by atoms with Crippen LogP contribution in [0.25, 0.3) is 0 Å². The Morgan fingerprint density at radius 3 is 2.78 bits per heavy atom. The van der Waals surface area contributed by atoms with E-state index < -0.39 is 0 Å². The van der Waals surface area contributed by atoms with Gasteiger partial charge in [-0.05, 0) is 39.9 Å². The molecule has 1 saturated heterocycles. The molecule has 1 aromatic heterocycles. The fraction of sp³-hybridized carbons (Fsp3) is 0.769. The molecule has 0 aromatic carbocycles. The van der Waals surface area contributed by atoms with Gasteiger partial charge in [0.05, 0.1) is 5.69 Å². The predicted molar refractivity (Wildman–Crippen MR) is 72.8 cm³/mol. The zero-order valence-electron chi connectivity index (χ0n) is 11.6. The molecule has 2 rings (SSSR count). The van der Waals surface area contributed by atoms with Crippen LogP contribution in [0.5, 0.6) is 0 Å². The van der Waals surface area contributed by atoms with Crippen molar-refractivity contribution < 1.29 is 4.42 Å². The van der Waals surface area contributed by atoms with E-state index in [0.717, 1.165) is 37.3 Å². The fourth-order valence-electron chi connectivity index (χ4n) is 2.53. The van der Waals surface area contributed by atoms with Crippen LogP contribution in [0.15, 0.2) is 10.7 Å². The molecule has 0 radical (unpaired) electrons. The second-order valence-corrected chi connectivity index (χ2v) is 5.34. The topological polar surface area (TPSA) is 44.5 Å². The van der Waals surface area contributed by atoms with Crippen molar-refractivity contribution in [1.82, 2.24) is 15.2 Å². The maximum Gasteiger partial charge on any atom is 0.297 e. The summed E-state index contributed by atoms with van der Waals surface area (Å²) in [4.78, 5) is 9.03. The number of aromatic nitrogens is 1. The first kappa shape index (κ1) is 13.4. The second-order valence-electron chi connectivity index (χ2n) is 5.34. The molecule has 1 aromatic rings. The molecule has 0 amide bonds. The first-order valence-corrected chi connectivity index (χ1v) is 6.67. The van der Waals surface area contributed by atoms with E-state index in [2.05, 4.69) is 34.2 Å². The molecule has 0 unspecified atom stereocenters. The Kier molecular flexibility index (Phi) is 4.60. The molecule has 0 spiro atoms. The molecule has 1 N–H and O–H groups in total. The lowest BCUT2D eigenvalue weighted by atomic mass is 9.97. The van der Waals surface area contributed by atoms with Gasteiger partial charge in [0, 0.05) is 26.2 Å². The first-order chi connectivity index (χ1) is 8.69. The van der Waals surface area contributed by atoms with Gasteiger partial charge in [-0.15, -0.1) is 0 Å². The minimum atomic E-state index is 0.764. The molecule has 102 valence electrons. The molecule has 0 saturated carbocycles. The Morgan fingerprint density at radius 1 is 1.44 bits per heavy atom. The van der Waals surface area contributed by atoms with Crippen molar-refractivity contribution in [2.75, 3.05) is 45.7 Å². The normalized spacial score (nSPS) is 17.7. The predicted octanol–water partition coefficient (Wildman–Crippen LogP) is 1.17. The highest BCUT2D eigenvalue weighted by Crippen LogP contribution is 2.23. The van der Waals surface area contributed by atoms with E-state index in [9.17, 15) is 0 Å². The summed E-state index contributed by atoms with van der Waals surface area (Å²) in [5, 5.41) is 3.08. The van der Waals surface area contributed by atoms with Crippen LogP contribution in [-0.4, -0.2) is 50.7 Å². The van der Waals surface area contributed by atoms with Crippen LogP contribution >= 0.6 is 0 Å². The summed E-state index contributed by atoms with van der Waals surface area (Å²) in [6.07, 6.45) is 4.20. The third-order valence-electron chi connectivity index (χ3n) is 3.41. The summed E-state index contributed by atoms with van der Waals surface area (Å²) in [5.41, 5.74) is 0.975. The molecule has 0 bridgehead atoms. The van der Waals surface area contributed by atoms with Crippen LogP contribution in [0.4, 0.5) is 6.01 Å². The van der Waals surface area contributed by atoms with Gasteiger partial charge in [-0.2, -0.15) is 4.98 Å². The van der Waals surface area contributed by atoms with Gasteiger partial charge in [0.25, 0.3) is 6.01 Å². The van der Waals surface area contributed by atoms with Crippen molar-refractivity contribution in [2.45, 2.75) is 19.4 Å². The molecule has 5 nitrogen and oxygen atoms in total. The van der Waals surface area contributed by atoms with Gasteiger partial charge < -0.3 is 19.5 Å². The monoisotopic (exact) mass is 252 g/mol. The van der Waals surface area contributed by atoms with Crippen molar-refractivity contribution in [3.8, 4) is 0 Å². The molecule has 2 heterocycles. The van der Waals surface area contributed by atoms with Crippen molar-refractivity contribution in [2.24, 2.45) is 5.92 Å². The number of nitrogens with zero attached hydrogens (tertiary/aromatic N) is 3. The number of rotatable bonds is 5. The molecule has 1 aliphatic rings. The smallest absolute Gasteiger partial charge is 0.297 e. The fourth-order valence-corrected chi connectivity index (χ4v) is 2.53. The highest BCUT2D eigenvalue weighted by atomic mass is 16.4.